The molecule has 0 fully saturated rings. The second-order valence-corrected chi connectivity index (χ2v) is 8.87. The van der Waals surface area contributed by atoms with Crippen molar-refractivity contribution in [3.8, 4) is 28.0 Å². The van der Waals surface area contributed by atoms with E-state index in [1.54, 1.807) is 6.92 Å². The molecule has 5 heteroatoms. The Morgan fingerprint density at radius 2 is 1.51 bits per heavy atom. The van der Waals surface area contributed by atoms with Gasteiger partial charge in [0.25, 0.3) is 0 Å². The SMILES string of the molecule is CC(O)CCOc1ccc(-c2ccc(-c3ccc(CCCOCO)cc3)cc2CCCCF)cc1. The molecule has 3 aromatic rings. The van der Waals surface area contributed by atoms with Gasteiger partial charge in [0.2, 0.25) is 0 Å². The molecule has 4 nitrogen and oxygen atoms in total. The van der Waals surface area contributed by atoms with Gasteiger partial charge in [-0.1, -0.05) is 54.6 Å². The fourth-order valence-electron chi connectivity index (χ4n) is 4.06. The Bertz CT molecular complexity index is 1000. The Morgan fingerprint density at radius 3 is 2.20 bits per heavy atom. The maximum atomic E-state index is 12.8. The smallest absolute Gasteiger partial charge is 0.143 e. The van der Waals surface area contributed by atoms with Crippen molar-refractivity contribution in [3.05, 3.63) is 77.9 Å². The molecule has 0 radical (unpaired) electrons. The average Bonchev–Trinajstić information content (AvgIpc) is 2.87. The number of hydrogen-bond donors (Lipinski definition) is 2. The van der Waals surface area contributed by atoms with Crippen LogP contribution in [-0.4, -0.2) is 43.0 Å². The molecule has 0 bridgehead atoms. The number of aliphatic hydroxyl groups is 2. The Morgan fingerprint density at radius 1 is 0.800 bits per heavy atom. The van der Waals surface area contributed by atoms with Crippen LogP contribution in [0.4, 0.5) is 4.39 Å². The zero-order valence-corrected chi connectivity index (χ0v) is 20.6. The lowest BCUT2D eigenvalue weighted by molar-refractivity contribution is -0.00209. The van der Waals surface area contributed by atoms with Gasteiger partial charge in [-0.3, -0.25) is 4.39 Å². The highest BCUT2D eigenvalue weighted by Crippen LogP contribution is 2.31. The first-order valence-electron chi connectivity index (χ1n) is 12.5. The third-order valence-electron chi connectivity index (χ3n) is 6.04. The number of halogens is 1. The van der Waals surface area contributed by atoms with Crippen molar-refractivity contribution in [1.82, 2.24) is 0 Å². The van der Waals surface area contributed by atoms with Crippen molar-refractivity contribution < 1.29 is 24.1 Å². The van der Waals surface area contributed by atoms with Gasteiger partial charge in [-0.25, -0.2) is 0 Å². The van der Waals surface area contributed by atoms with E-state index in [2.05, 4.69) is 54.6 Å². The van der Waals surface area contributed by atoms with E-state index in [4.69, 9.17) is 14.6 Å². The van der Waals surface area contributed by atoms with E-state index in [1.165, 1.54) is 11.1 Å². The summed E-state index contributed by atoms with van der Waals surface area (Å²) in [5.74, 6) is 0.785. The summed E-state index contributed by atoms with van der Waals surface area (Å²) in [6.45, 7) is 2.26. The summed E-state index contributed by atoms with van der Waals surface area (Å²) in [6, 6.07) is 23.1. The van der Waals surface area contributed by atoms with Crippen LogP contribution in [0.3, 0.4) is 0 Å². The molecule has 2 N–H and O–H groups in total. The van der Waals surface area contributed by atoms with E-state index in [0.29, 0.717) is 26.1 Å². The Balaban J connectivity index is 1.75. The molecule has 0 saturated heterocycles. The van der Waals surface area contributed by atoms with Crippen LogP contribution in [0, 0.1) is 0 Å². The maximum absolute atomic E-state index is 12.8. The first kappa shape index (κ1) is 26.9. The molecular formula is C30H37FO4. The van der Waals surface area contributed by atoms with E-state index in [-0.39, 0.29) is 19.6 Å². The maximum Gasteiger partial charge on any atom is 0.143 e. The van der Waals surface area contributed by atoms with Crippen LogP contribution < -0.4 is 4.74 Å². The third-order valence-corrected chi connectivity index (χ3v) is 6.04. The van der Waals surface area contributed by atoms with E-state index in [9.17, 15) is 9.50 Å². The van der Waals surface area contributed by atoms with Crippen LogP contribution >= 0.6 is 0 Å². The van der Waals surface area contributed by atoms with Crippen LogP contribution in [0.25, 0.3) is 22.3 Å². The molecule has 0 spiro atoms. The molecule has 0 aliphatic carbocycles. The second kappa shape index (κ2) is 14.6. The van der Waals surface area contributed by atoms with Crippen LogP contribution in [0.15, 0.2) is 66.7 Å². The van der Waals surface area contributed by atoms with Gasteiger partial charge in [-0.05, 0) is 84.5 Å². The van der Waals surface area contributed by atoms with E-state index in [0.717, 1.165) is 53.7 Å². The number of hydrogen-bond acceptors (Lipinski definition) is 4. The summed E-state index contributed by atoms with van der Waals surface area (Å²) in [7, 11) is 0. The molecular weight excluding hydrogens is 443 g/mol. The van der Waals surface area contributed by atoms with Gasteiger partial charge in [-0.2, -0.15) is 0 Å². The molecule has 35 heavy (non-hydrogen) atoms. The van der Waals surface area contributed by atoms with E-state index < -0.39 is 0 Å². The number of unbranched alkanes of at least 4 members (excludes halogenated alkanes) is 1. The van der Waals surface area contributed by atoms with Gasteiger partial charge in [0.15, 0.2) is 0 Å². The lowest BCUT2D eigenvalue weighted by atomic mass is 9.92. The average molecular weight is 481 g/mol. The van der Waals surface area contributed by atoms with Gasteiger partial charge >= 0.3 is 0 Å². The molecule has 0 aromatic heterocycles. The quantitative estimate of drug-likeness (QED) is 0.196. The van der Waals surface area contributed by atoms with Crippen LogP contribution in [0.5, 0.6) is 5.75 Å². The minimum absolute atomic E-state index is 0.232. The van der Waals surface area contributed by atoms with Crippen molar-refractivity contribution in [2.24, 2.45) is 0 Å². The topological polar surface area (TPSA) is 58.9 Å². The Kier molecular flexibility index (Phi) is 11.2. The van der Waals surface area contributed by atoms with Gasteiger partial charge in [0.1, 0.15) is 12.5 Å². The molecule has 188 valence electrons. The molecule has 1 unspecified atom stereocenters. The third kappa shape index (κ3) is 8.77. The molecule has 0 amide bonds. The van der Waals surface area contributed by atoms with Crippen LogP contribution in [0.2, 0.25) is 0 Å². The monoisotopic (exact) mass is 480 g/mol. The summed E-state index contributed by atoms with van der Waals surface area (Å²) in [5.41, 5.74) is 7.02. The predicted octanol–water partition coefficient (Wildman–Crippen LogP) is 6.36. The number of aryl methyl sites for hydroxylation is 2. The molecule has 3 rings (SSSR count). The normalized spacial score (nSPS) is 12.0. The summed E-state index contributed by atoms with van der Waals surface area (Å²) in [6.07, 6.45) is 4.20. The second-order valence-electron chi connectivity index (χ2n) is 8.87. The number of ether oxygens (including phenoxy) is 2. The lowest BCUT2D eigenvalue weighted by Gasteiger charge is -2.14. The van der Waals surface area contributed by atoms with Crippen molar-refractivity contribution >= 4 is 0 Å². The number of aliphatic hydroxyl groups excluding tert-OH is 2. The fraction of sp³-hybridized carbons (Fsp3) is 0.400. The van der Waals surface area contributed by atoms with E-state index >= 15 is 0 Å². The van der Waals surface area contributed by atoms with E-state index in [1.807, 2.05) is 12.1 Å². The van der Waals surface area contributed by atoms with Crippen molar-refractivity contribution in [2.75, 3.05) is 26.7 Å². The zero-order chi connectivity index (χ0) is 24.9. The predicted molar refractivity (Wildman–Crippen MR) is 139 cm³/mol. The highest BCUT2D eigenvalue weighted by Gasteiger charge is 2.09. The number of alkyl halides is 1. The number of benzene rings is 3. The minimum Gasteiger partial charge on any atom is -0.493 e. The summed E-state index contributed by atoms with van der Waals surface area (Å²) >= 11 is 0. The Hall–Kier alpha value is -2.73. The summed E-state index contributed by atoms with van der Waals surface area (Å²) < 4.78 is 23.5. The first-order chi connectivity index (χ1) is 17.1. The zero-order valence-electron chi connectivity index (χ0n) is 20.6. The van der Waals surface area contributed by atoms with Crippen molar-refractivity contribution in [2.45, 2.75) is 51.6 Å². The Labute approximate surface area is 208 Å². The molecule has 0 aliphatic rings. The first-order valence-corrected chi connectivity index (χ1v) is 12.5. The minimum atomic E-state index is -0.373. The summed E-state index contributed by atoms with van der Waals surface area (Å²) in [4.78, 5) is 0. The largest absolute Gasteiger partial charge is 0.493 e. The molecule has 0 saturated carbocycles. The highest BCUT2D eigenvalue weighted by molar-refractivity contribution is 5.74. The summed E-state index contributed by atoms with van der Waals surface area (Å²) in [5, 5.41) is 18.1. The molecule has 3 aromatic carbocycles. The van der Waals surface area contributed by atoms with Gasteiger partial charge in [0.05, 0.1) is 19.4 Å². The molecule has 1 atom stereocenters. The molecule has 0 aliphatic heterocycles. The number of rotatable bonds is 15. The van der Waals surface area contributed by atoms with Crippen LogP contribution in [-0.2, 0) is 17.6 Å². The molecule has 0 heterocycles. The van der Waals surface area contributed by atoms with Gasteiger partial charge in [0, 0.05) is 13.0 Å². The van der Waals surface area contributed by atoms with Crippen molar-refractivity contribution in [1.29, 1.82) is 0 Å². The fourth-order valence-corrected chi connectivity index (χ4v) is 4.06. The lowest BCUT2D eigenvalue weighted by Crippen LogP contribution is -2.07. The van der Waals surface area contributed by atoms with Crippen LogP contribution in [0.1, 0.15) is 43.7 Å². The standard InChI is InChI=1S/C30H37FO4/c1-23(33)17-20-35-29-14-11-26(12-15-29)30-16-13-27(21-28(30)6-2-3-18-31)25-9-7-24(8-10-25)5-4-19-34-22-32/h7-16,21,23,32-33H,2-6,17-20,22H2,1H3. The van der Waals surface area contributed by atoms with Gasteiger partial charge in [-0.15, -0.1) is 0 Å². The van der Waals surface area contributed by atoms with Gasteiger partial charge < -0.3 is 19.7 Å². The van der Waals surface area contributed by atoms with Crippen molar-refractivity contribution in [3.63, 3.8) is 0 Å². The highest BCUT2D eigenvalue weighted by atomic mass is 19.1.